The molecular formula is C17H17IN2O. The van der Waals surface area contributed by atoms with Gasteiger partial charge in [-0.2, -0.15) is 0 Å². The second-order valence-corrected chi connectivity index (χ2v) is 6.55. The van der Waals surface area contributed by atoms with Crippen LogP contribution in [0.3, 0.4) is 0 Å². The molecule has 0 atom stereocenters. The van der Waals surface area contributed by atoms with Crippen LogP contribution in [0.4, 0.5) is 5.69 Å². The number of halogens is 1. The van der Waals surface area contributed by atoms with Gasteiger partial charge in [0.25, 0.3) is 5.91 Å². The topological polar surface area (TPSA) is 46.3 Å². The Labute approximate surface area is 138 Å². The molecule has 3 rings (SSSR count). The summed E-state index contributed by atoms with van der Waals surface area (Å²) >= 11 is 2.22. The molecule has 0 saturated heterocycles. The first-order valence-corrected chi connectivity index (χ1v) is 8.13. The Kier molecular flexibility index (Phi) is 4.14. The van der Waals surface area contributed by atoms with E-state index < -0.39 is 0 Å². The molecule has 1 amide bonds. The standard InChI is InChI=1S/C17H17IN2O/c18-16-7-2-1-6-15(16)17(21)20(14-8-9-14)11-12-4-3-5-13(19)10-12/h1-7,10,14H,8-9,11,19H2. The molecule has 21 heavy (non-hydrogen) atoms. The first-order valence-electron chi connectivity index (χ1n) is 7.05. The lowest BCUT2D eigenvalue weighted by atomic mass is 10.1. The fourth-order valence-electron chi connectivity index (χ4n) is 2.43. The van der Waals surface area contributed by atoms with E-state index in [1.807, 2.05) is 53.4 Å². The highest BCUT2D eigenvalue weighted by Crippen LogP contribution is 2.30. The number of hydrogen-bond donors (Lipinski definition) is 1. The first-order chi connectivity index (χ1) is 10.1. The van der Waals surface area contributed by atoms with Crippen LogP contribution in [0.5, 0.6) is 0 Å². The van der Waals surface area contributed by atoms with Gasteiger partial charge >= 0.3 is 0 Å². The molecule has 2 aromatic rings. The molecule has 3 nitrogen and oxygen atoms in total. The second-order valence-electron chi connectivity index (χ2n) is 5.39. The summed E-state index contributed by atoms with van der Waals surface area (Å²) in [7, 11) is 0. The highest BCUT2D eigenvalue weighted by Gasteiger charge is 2.33. The van der Waals surface area contributed by atoms with Gasteiger partial charge in [-0.05, 0) is 65.3 Å². The minimum absolute atomic E-state index is 0.116. The molecule has 1 fully saturated rings. The smallest absolute Gasteiger partial charge is 0.255 e. The van der Waals surface area contributed by atoms with Crippen LogP contribution in [0, 0.1) is 3.57 Å². The Morgan fingerprint density at radius 3 is 2.62 bits per heavy atom. The van der Waals surface area contributed by atoms with Crippen molar-refractivity contribution in [2.45, 2.75) is 25.4 Å². The SMILES string of the molecule is Nc1cccc(CN(C(=O)c2ccccc2I)C2CC2)c1. The van der Waals surface area contributed by atoms with Gasteiger partial charge in [-0.3, -0.25) is 4.79 Å². The van der Waals surface area contributed by atoms with Crippen molar-refractivity contribution < 1.29 is 4.79 Å². The molecule has 2 N–H and O–H groups in total. The van der Waals surface area contributed by atoms with Gasteiger partial charge in [0.05, 0.1) is 5.56 Å². The van der Waals surface area contributed by atoms with Gasteiger partial charge in [0.1, 0.15) is 0 Å². The van der Waals surface area contributed by atoms with Crippen LogP contribution >= 0.6 is 22.6 Å². The van der Waals surface area contributed by atoms with Gasteiger partial charge in [-0.1, -0.05) is 24.3 Å². The third-order valence-electron chi connectivity index (χ3n) is 3.66. The number of carbonyl (C=O) groups is 1. The molecule has 1 aliphatic rings. The number of hydrogen-bond acceptors (Lipinski definition) is 2. The summed E-state index contributed by atoms with van der Waals surface area (Å²) in [5.74, 6) is 0.116. The van der Waals surface area contributed by atoms with Gasteiger partial charge in [0, 0.05) is 21.8 Å². The zero-order chi connectivity index (χ0) is 14.8. The van der Waals surface area contributed by atoms with E-state index in [1.54, 1.807) is 0 Å². The highest BCUT2D eigenvalue weighted by atomic mass is 127. The predicted octanol–water partition coefficient (Wildman–Crippen LogP) is 3.68. The number of nitrogens with zero attached hydrogens (tertiary/aromatic N) is 1. The van der Waals surface area contributed by atoms with Gasteiger partial charge in [0.2, 0.25) is 0 Å². The quantitative estimate of drug-likeness (QED) is 0.638. The van der Waals surface area contributed by atoms with Crippen molar-refractivity contribution in [3.05, 3.63) is 63.2 Å². The van der Waals surface area contributed by atoms with Crippen LogP contribution in [0.2, 0.25) is 0 Å². The zero-order valence-electron chi connectivity index (χ0n) is 11.6. The van der Waals surface area contributed by atoms with E-state index in [-0.39, 0.29) is 5.91 Å². The number of rotatable bonds is 4. The van der Waals surface area contributed by atoms with Crippen molar-refractivity contribution >= 4 is 34.2 Å². The van der Waals surface area contributed by atoms with E-state index in [1.165, 1.54) is 0 Å². The average Bonchev–Trinajstić information content (AvgIpc) is 3.29. The van der Waals surface area contributed by atoms with Crippen molar-refractivity contribution in [2.75, 3.05) is 5.73 Å². The van der Waals surface area contributed by atoms with E-state index >= 15 is 0 Å². The summed E-state index contributed by atoms with van der Waals surface area (Å²) in [6, 6.07) is 15.9. The lowest BCUT2D eigenvalue weighted by molar-refractivity contribution is 0.0729. The molecule has 0 bridgehead atoms. The van der Waals surface area contributed by atoms with Gasteiger partial charge in [0.15, 0.2) is 0 Å². The van der Waals surface area contributed by atoms with Crippen LogP contribution in [-0.4, -0.2) is 16.8 Å². The van der Waals surface area contributed by atoms with Crippen molar-refractivity contribution in [3.63, 3.8) is 0 Å². The van der Waals surface area contributed by atoms with Gasteiger partial charge in [-0.15, -0.1) is 0 Å². The van der Waals surface area contributed by atoms with Crippen molar-refractivity contribution in [3.8, 4) is 0 Å². The number of nitrogen functional groups attached to an aromatic ring is 1. The summed E-state index contributed by atoms with van der Waals surface area (Å²) in [5, 5.41) is 0. The molecule has 0 spiro atoms. The minimum atomic E-state index is 0.116. The van der Waals surface area contributed by atoms with Crippen LogP contribution in [0.15, 0.2) is 48.5 Å². The molecule has 0 radical (unpaired) electrons. The molecule has 4 heteroatoms. The third-order valence-corrected chi connectivity index (χ3v) is 4.60. The van der Waals surface area contributed by atoms with E-state index in [0.717, 1.165) is 33.2 Å². The maximum absolute atomic E-state index is 12.8. The summed E-state index contributed by atoms with van der Waals surface area (Å²) in [6.07, 6.45) is 2.19. The number of carbonyl (C=O) groups excluding carboxylic acids is 1. The van der Waals surface area contributed by atoms with Crippen LogP contribution in [0.25, 0.3) is 0 Å². The fraction of sp³-hybridized carbons (Fsp3) is 0.235. The fourth-order valence-corrected chi connectivity index (χ4v) is 3.05. The molecular weight excluding hydrogens is 375 g/mol. The number of benzene rings is 2. The minimum Gasteiger partial charge on any atom is -0.399 e. The molecule has 0 unspecified atom stereocenters. The van der Waals surface area contributed by atoms with Crippen LogP contribution in [-0.2, 0) is 6.54 Å². The van der Waals surface area contributed by atoms with Crippen LogP contribution < -0.4 is 5.73 Å². The van der Waals surface area contributed by atoms with E-state index in [4.69, 9.17) is 5.73 Å². The maximum Gasteiger partial charge on any atom is 0.255 e. The molecule has 0 aliphatic heterocycles. The number of amides is 1. The van der Waals surface area contributed by atoms with E-state index in [0.29, 0.717) is 12.6 Å². The monoisotopic (exact) mass is 392 g/mol. The van der Waals surface area contributed by atoms with Crippen molar-refractivity contribution in [1.82, 2.24) is 4.90 Å². The van der Waals surface area contributed by atoms with Gasteiger partial charge in [-0.25, -0.2) is 0 Å². The van der Waals surface area contributed by atoms with Crippen LogP contribution in [0.1, 0.15) is 28.8 Å². The summed E-state index contributed by atoms with van der Waals surface area (Å²) in [4.78, 5) is 14.8. The molecule has 2 aromatic carbocycles. The highest BCUT2D eigenvalue weighted by molar-refractivity contribution is 14.1. The molecule has 0 heterocycles. The Morgan fingerprint density at radius 1 is 1.19 bits per heavy atom. The lowest BCUT2D eigenvalue weighted by Gasteiger charge is -2.23. The second kappa shape index (κ2) is 6.05. The predicted molar refractivity (Wildman–Crippen MR) is 92.9 cm³/mol. The Morgan fingerprint density at radius 2 is 1.95 bits per heavy atom. The van der Waals surface area contributed by atoms with Crippen molar-refractivity contribution in [2.24, 2.45) is 0 Å². The maximum atomic E-state index is 12.8. The molecule has 1 saturated carbocycles. The summed E-state index contributed by atoms with van der Waals surface area (Å²) in [5.41, 5.74) is 8.44. The zero-order valence-corrected chi connectivity index (χ0v) is 13.8. The average molecular weight is 392 g/mol. The largest absolute Gasteiger partial charge is 0.399 e. The normalized spacial score (nSPS) is 14.0. The Bertz CT molecular complexity index is 667. The summed E-state index contributed by atoms with van der Waals surface area (Å²) in [6.45, 7) is 0.625. The summed E-state index contributed by atoms with van der Waals surface area (Å²) < 4.78 is 0.998. The number of anilines is 1. The Hall–Kier alpha value is -1.56. The van der Waals surface area contributed by atoms with E-state index in [2.05, 4.69) is 22.6 Å². The van der Waals surface area contributed by atoms with Crippen molar-refractivity contribution in [1.29, 1.82) is 0 Å². The molecule has 0 aromatic heterocycles. The van der Waals surface area contributed by atoms with E-state index in [9.17, 15) is 4.79 Å². The Balaban J connectivity index is 1.85. The van der Waals surface area contributed by atoms with Gasteiger partial charge < -0.3 is 10.6 Å². The lowest BCUT2D eigenvalue weighted by Crippen LogP contribution is -2.33. The molecule has 108 valence electrons. The first kappa shape index (κ1) is 14.4. The molecule has 1 aliphatic carbocycles. The number of nitrogens with two attached hydrogens (primary N) is 1. The third kappa shape index (κ3) is 3.37.